The van der Waals surface area contributed by atoms with Crippen LogP contribution in [0.2, 0.25) is 0 Å². The molecule has 4 rings (SSSR count). The molecular formula is C16H14N6O. The van der Waals surface area contributed by atoms with Crippen LogP contribution in [0.4, 0.5) is 11.8 Å². The highest BCUT2D eigenvalue weighted by Gasteiger charge is 2.34. The van der Waals surface area contributed by atoms with Crippen molar-refractivity contribution >= 4 is 22.9 Å². The van der Waals surface area contributed by atoms with Gasteiger partial charge in [-0.15, -0.1) is 0 Å². The van der Waals surface area contributed by atoms with Gasteiger partial charge in [-0.25, -0.2) is 9.97 Å². The first-order valence-corrected chi connectivity index (χ1v) is 7.30. The van der Waals surface area contributed by atoms with Gasteiger partial charge in [-0.1, -0.05) is 12.1 Å². The molecular weight excluding hydrogens is 292 g/mol. The highest BCUT2D eigenvalue weighted by atomic mass is 16.4. The molecule has 0 aliphatic carbocycles. The average Bonchev–Trinajstić information content (AvgIpc) is 2.98. The maximum atomic E-state index is 9.11. The van der Waals surface area contributed by atoms with E-state index in [0.29, 0.717) is 17.5 Å². The molecule has 0 radical (unpaired) electrons. The fraction of sp³-hybridized carbons (Fsp3) is 0.250. The number of nitriles is 1. The number of nitrogens with zero attached hydrogens (tertiary/aromatic N) is 6. The summed E-state index contributed by atoms with van der Waals surface area (Å²) < 4.78 is 5.79. The predicted octanol–water partition coefficient (Wildman–Crippen LogP) is 1.81. The Morgan fingerprint density at radius 2 is 2.04 bits per heavy atom. The van der Waals surface area contributed by atoms with Crippen molar-refractivity contribution in [1.82, 2.24) is 15.0 Å². The lowest BCUT2D eigenvalue weighted by molar-refractivity contribution is 0.457. The van der Waals surface area contributed by atoms with Crippen molar-refractivity contribution in [2.45, 2.75) is 6.04 Å². The summed E-state index contributed by atoms with van der Waals surface area (Å²) in [6.45, 7) is 1.51. The Hall–Kier alpha value is -3.14. The van der Waals surface area contributed by atoms with Crippen molar-refractivity contribution in [3.05, 3.63) is 42.4 Å². The first-order valence-electron chi connectivity index (χ1n) is 7.30. The van der Waals surface area contributed by atoms with Crippen LogP contribution in [0.3, 0.4) is 0 Å². The van der Waals surface area contributed by atoms with Gasteiger partial charge in [0.05, 0.1) is 6.04 Å². The summed E-state index contributed by atoms with van der Waals surface area (Å²) in [6, 6.07) is 10.7. The van der Waals surface area contributed by atoms with Crippen LogP contribution in [-0.4, -0.2) is 41.1 Å². The lowest BCUT2D eigenvalue weighted by atomic mass is 10.1. The fourth-order valence-electron chi connectivity index (χ4n) is 2.68. The Morgan fingerprint density at radius 3 is 2.83 bits per heavy atom. The summed E-state index contributed by atoms with van der Waals surface area (Å²) >= 11 is 0. The largest absolute Gasteiger partial charge is 0.423 e. The van der Waals surface area contributed by atoms with Crippen LogP contribution in [0, 0.1) is 11.3 Å². The summed E-state index contributed by atoms with van der Waals surface area (Å²) in [6.07, 6.45) is 3.14. The van der Waals surface area contributed by atoms with E-state index in [2.05, 4.69) is 21.0 Å². The van der Waals surface area contributed by atoms with Crippen molar-refractivity contribution in [2.24, 2.45) is 0 Å². The van der Waals surface area contributed by atoms with Crippen molar-refractivity contribution in [3.63, 3.8) is 0 Å². The number of hydrogen-bond donors (Lipinski definition) is 0. The molecule has 1 aromatic carbocycles. The Kier molecular flexibility index (Phi) is 3.08. The van der Waals surface area contributed by atoms with Gasteiger partial charge in [0.2, 0.25) is 0 Å². The molecule has 114 valence electrons. The molecule has 0 unspecified atom stereocenters. The van der Waals surface area contributed by atoms with E-state index in [0.717, 1.165) is 24.2 Å². The highest BCUT2D eigenvalue weighted by molar-refractivity contribution is 5.74. The number of para-hydroxylation sites is 2. The smallest absolute Gasteiger partial charge is 0.298 e. The van der Waals surface area contributed by atoms with Crippen LogP contribution in [0.5, 0.6) is 0 Å². The zero-order valence-electron chi connectivity index (χ0n) is 12.5. The van der Waals surface area contributed by atoms with Gasteiger partial charge in [0, 0.05) is 32.5 Å². The number of anilines is 2. The fourth-order valence-corrected chi connectivity index (χ4v) is 2.68. The zero-order valence-corrected chi connectivity index (χ0v) is 12.5. The van der Waals surface area contributed by atoms with Gasteiger partial charge in [0.15, 0.2) is 17.1 Å². The molecule has 0 saturated carbocycles. The average molecular weight is 306 g/mol. The minimum Gasteiger partial charge on any atom is -0.423 e. The van der Waals surface area contributed by atoms with Gasteiger partial charge in [0.1, 0.15) is 11.6 Å². The van der Waals surface area contributed by atoms with Crippen LogP contribution in [0.1, 0.15) is 5.69 Å². The van der Waals surface area contributed by atoms with Crippen LogP contribution in [0.15, 0.2) is 41.1 Å². The van der Waals surface area contributed by atoms with E-state index < -0.39 is 0 Å². The molecule has 1 aliphatic heterocycles. The molecule has 2 aromatic heterocycles. The number of aromatic nitrogens is 3. The summed E-state index contributed by atoms with van der Waals surface area (Å²) in [5, 5.41) is 9.11. The Morgan fingerprint density at radius 1 is 1.26 bits per heavy atom. The molecule has 3 aromatic rings. The third kappa shape index (κ3) is 2.25. The summed E-state index contributed by atoms with van der Waals surface area (Å²) in [7, 11) is 1.97. The Labute approximate surface area is 132 Å². The van der Waals surface area contributed by atoms with Gasteiger partial charge in [0.25, 0.3) is 6.01 Å². The van der Waals surface area contributed by atoms with Gasteiger partial charge < -0.3 is 14.2 Å². The molecule has 0 atom stereocenters. The number of hydrogen-bond acceptors (Lipinski definition) is 7. The molecule has 1 fully saturated rings. The first-order chi connectivity index (χ1) is 11.3. The highest BCUT2D eigenvalue weighted by Crippen LogP contribution is 2.27. The van der Waals surface area contributed by atoms with Crippen LogP contribution >= 0.6 is 0 Å². The van der Waals surface area contributed by atoms with Gasteiger partial charge in [-0.2, -0.15) is 10.2 Å². The second-order valence-electron chi connectivity index (χ2n) is 5.47. The van der Waals surface area contributed by atoms with E-state index in [1.807, 2.05) is 41.1 Å². The van der Waals surface area contributed by atoms with E-state index in [9.17, 15) is 0 Å². The van der Waals surface area contributed by atoms with Crippen LogP contribution in [-0.2, 0) is 0 Å². The standard InChI is InChI=1S/C16H14N6O/c1-21(16-20-12-4-2-3-5-14(12)23-16)11-9-22(10-11)15-13(8-17)18-6-7-19-15/h2-7,11H,9-10H2,1H3. The number of fused-ring (bicyclic) bond motifs is 1. The molecule has 1 aliphatic rings. The van der Waals surface area contributed by atoms with Gasteiger partial charge in [-0.05, 0) is 12.1 Å². The Bertz CT molecular complexity index is 860. The second kappa shape index (κ2) is 5.25. The number of benzene rings is 1. The van der Waals surface area contributed by atoms with Gasteiger partial charge in [-0.3, -0.25) is 0 Å². The van der Waals surface area contributed by atoms with Gasteiger partial charge >= 0.3 is 0 Å². The first kappa shape index (κ1) is 13.5. The lowest BCUT2D eigenvalue weighted by Gasteiger charge is -2.43. The van der Waals surface area contributed by atoms with Crippen molar-refractivity contribution in [3.8, 4) is 6.07 Å². The summed E-state index contributed by atoms with van der Waals surface area (Å²) in [4.78, 5) is 16.9. The maximum absolute atomic E-state index is 9.11. The minimum atomic E-state index is 0.261. The number of likely N-dealkylation sites (N-methyl/N-ethyl adjacent to an activating group) is 1. The molecule has 7 heteroatoms. The molecule has 0 N–H and O–H groups in total. The molecule has 3 heterocycles. The van der Waals surface area contributed by atoms with E-state index in [1.54, 1.807) is 6.20 Å². The summed E-state index contributed by atoms with van der Waals surface area (Å²) in [5.74, 6) is 0.636. The van der Waals surface area contributed by atoms with Crippen molar-refractivity contribution in [1.29, 1.82) is 5.26 Å². The Balaban J connectivity index is 1.50. The third-order valence-corrected chi connectivity index (χ3v) is 4.08. The van der Waals surface area contributed by atoms with Crippen molar-refractivity contribution in [2.75, 3.05) is 29.9 Å². The minimum absolute atomic E-state index is 0.261. The quantitative estimate of drug-likeness (QED) is 0.730. The summed E-state index contributed by atoms with van der Waals surface area (Å²) in [5.41, 5.74) is 1.99. The SMILES string of the molecule is CN(c1nc2ccccc2o1)C1CN(c2nccnc2C#N)C1. The van der Waals surface area contributed by atoms with E-state index in [4.69, 9.17) is 9.68 Å². The van der Waals surface area contributed by atoms with Crippen LogP contribution < -0.4 is 9.80 Å². The number of rotatable bonds is 3. The maximum Gasteiger partial charge on any atom is 0.298 e. The zero-order chi connectivity index (χ0) is 15.8. The van der Waals surface area contributed by atoms with E-state index >= 15 is 0 Å². The molecule has 0 amide bonds. The van der Waals surface area contributed by atoms with E-state index in [-0.39, 0.29) is 6.04 Å². The molecule has 23 heavy (non-hydrogen) atoms. The third-order valence-electron chi connectivity index (χ3n) is 4.08. The monoisotopic (exact) mass is 306 g/mol. The molecule has 0 spiro atoms. The van der Waals surface area contributed by atoms with Crippen molar-refractivity contribution < 1.29 is 4.42 Å². The lowest BCUT2D eigenvalue weighted by Crippen LogP contribution is -2.59. The second-order valence-corrected chi connectivity index (χ2v) is 5.47. The van der Waals surface area contributed by atoms with Crippen LogP contribution in [0.25, 0.3) is 11.1 Å². The molecule has 7 nitrogen and oxygen atoms in total. The molecule has 1 saturated heterocycles. The van der Waals surface area contributed by atoms with E-state index in [1.165, 1.54) is 6.20 Å². The predicted molar refractivity (Wildman–Crippen MR) is 85.2 cm³/mol. The topological polar surface area (TPSA) is 82.1 Å². The molecule has 0 bridgehead atoms. The number of oxazole rings is 1. The normalized spacial score (nSPS) is 14.5.